The number of carbonyl (C=O) groups is 3. The summed E-state index contributed by atoms with van der Waals surface area (Å²) < 4.78 is 5.02. The van der Waals surface area contributed by atoms with Crippen LogP contribution in [0.15, 0.2) is 0 Å². The van der Waals surface area contributed by atoms with E-state index in [9.17, 15) is 14.4 Å². The molecule has 0 aromatic carbocycles. The summed E-state index contributed by atoms with van der Waals surface area (Å²) in [5, 5.41) is 11.3. The van der Waals surface area contributed by atoms with Gasteiger partial charge in [0.05, 0.1) is 17.9 Å². The van der Waals surface area contributed by atoms with Gasteiger partial charge in [0.15, 0.2) is 0 Å². The van der Waals surface area contributed by atoms with Gasteiger partial charge in [0.1, 0.15) is 0 Å². The number of carboxylic acids is 1. The molecule has 0 saturated heterocycles. The Labute approximate surface area is 119 Å². The van der Waals surface area contributed by atoms with Crippen molar-refractivity contribution in [1.29, 1.82) is 0 Å². The van der Waals surface area contributed by atoms with Gasteiger partial charge in [-0.25, -0.2) is 4.79 Å². The molecule has 0 saturated carbocycles. The standard InChI is InChI=1S/C13H24N2O5/c1-8(2)20-12(18)9(3)6-14-13(19)15(5)7-10(4)11(16)17/h8-10H,6-7H2,1-5H3,(H,14,19)(H,16,17). The Kier molecular flexibility index (Phi) is 7.64. The number of carbonyl (C=O) groups excluding carboxylic acids is 2. The minimum Gasteiger partial charge on any atom is -0.481 e. The molecule has 0 aliphatic rings. The Morgan fingerprint density at radius 1 is 1.15 bits per heavy atom. The van der Waals surface area contributed by atoms with E-state index in [0.717, 1.165) is 0 Å². The number of hydrogen-bond acceptors (Lipinski definition) is 4. The number of nitrogens with one attached hydrogen (secondary N) is 1. The van der Waals surface area contributed by atoms with E-state index in [1.165, 1.54) is 18.9 Å². The summed E-state index contributed by atoms with van der Waals surface area (Å²) in [6.07, 6.45) is -0.195. The molecule has 0 aliphatic carbocycles. The van der Waals surface area contributed by atoms with Crippen LogP contribution >= 0.6 is 0 Å². The number of nitrogens with zero attached hydrogens (tertiary/aromatic N) is 1. The lowest BCUT2D eigenvalue weighted by Crippen LogP contribution is -2.43. The van der Waals surface area contributed by atoms with Crippen LogP contribution in [-0.4, -0.2) is 54.2 Å². The first kappa shape index (κ1) is 18.2. The zero-order chi connectivity index (χ0) is 15.9. The Morgan fingerprint density at radius 2 is 1.70 bits per heavy atom. The van der Waals surface area contributed by atoms with Gasteiger partial charge in [-0.15, -0.1) is 0 Å². The quantitative estimate of drug-likeness (QED) is 0.680. The smallest absolute Gasteiger partial charge is 0.317 e. The predicted octanol–water partition coefficient (Wildman–Crippen LogP) is 0.936. The molecule has 2 amide bonds. The number of aliphatic carboxylic acids is 1. The molecule has 0 aromatic rings. The Balaban J connectivity index is 4.15. The number of hydrogen-bond donors (Lipinski definition) is 2. The van der Waals surface area contributed by atoms with Crippen LogP contribution in [0.2, 0.25) is 0 Å². The minimum atomic E-state index is -0.960. The van der Waals surface area contributed by atoms with Gasteiger partial charge in [-0.1, -0.05) is 13.8 Å². The van der Waals surface area contributed by atoms with Gasteiger partial charge >= 0.3 is 18.0 Å². The van der Waals surface area contributed by atoms with Crippen LogP contribution in [0, 0.1) is 11.8 Å². The van der Waals surface area contributed by atoms with Crippen LogP contribution in [0.4, 0.5) is 4.79 Å². The molecule has 2 unspecified atom stereocenters. The average Bonchev–Trinajstić information content (AvgIpc) is 2.33. The van der Waals surface area contributed by atoms with E-state index in [1.54, 1.807) is 20.8 Å². The van der Waals surface area contributed by atoms with E-state index < -0.39 is 23.8 Å². The van der Waals surface area contributed by atoms with Gasteiger partial charge in [0.2, 0.25) is 0 Å². The maximum atomic E-state index is 11.7. The molecule has 0 bridgehead atoms. The molecule has 2 atom stereocenters. The topological polar surface area (TPSA) is 95.9 Å². The Morgan fingerprint density at radius 3 is 2.15 bits per heavy atom. The minimum absolute atomic E-state index is 0.103. The summed E-state index contributed by atoms with van der Waals surface area (Å²) in [6, 6.07) is -0.415. The molecule has 20 heavy (non-hydrogen) atoms. The van der Waals surface area contributed by atoms with Gasteiger partial charge in [0.25, 0.3) is 0 Å². The fraction of sp³-hybridized carbons (Fsp3) is 0.769. The molecule has 0 aliphatic heterocycles. The van der Waals surface area contributed by atoms with Crippen molar-refractivity contribution < 1.29 is 24.2 Å². The highest BCUT2D eigenvalue weighted by Gasteiger charge is 2.20. The maximum absolute atomic E-state index is 11.7. The van der Waals surface area contributed by atoms with Crippen molar-refractivity contribution >= 4 is 18.0 Å². The van der Waals surface area contributed by atoms with Gasteiger partial charge in [-0.05, 0) is 13.8 Å². The SMILES string of the molecule is CC(C)OC(=O)C(C)CNC(=O)N(C)CC(C)C(=O)O. The first-order valence-corrected chi connectivity index (χ1v) is 6.57. The lowest BCUT2D eigenvalue weighted by atomic mass is 10.2. The van der Waals surface area contributed by atoms with Crippen molar-refractivity contribution in [3.63, 3.8) is 0 Å². The molecule has 0 rings (SSSR count). The summed E-state index contributed by atoms with van der Waals surface area (Å²) in [7, 11) is 1.51. The molecule has 0 radical (unpaired) electrons. The van der Waals surface area contributed by atoms with E-state index in [2.05, 4.69) is 5.32 Å². The van der Waals surface area contributed by atoms with Crippen LogP contribution in [0.1, 0.15) is 27.7 Å². The van der Waals surface area contributed by atoms with Crippen molar-refractivity contribution in [3.8, 4) is 0 Å². The molecule has 0 heterocycles. The predicted molar refractivity (Wildman–Crippen MR) is 73.2 cm³/mol. The first-order valence-electron chi connectivity index (χ1n) is 6.57. The highest BCUT2D eigenvalue weighted by molar-refractivity contribution is 5.77. The van der Waals surface area contributed by atoms with Crippen molar-refractivity contribution in [1.82, 2.24) is 10.2 Å². The maximum Gasteiger partial charge on any atom is 0.317 e. The lowest BCUT2D eigenvalue weighted by Gasteiger charge is -2.21. The summed E-state index contributed by atoms with van der Waals surface area (Å²) in [5.41, 5.74) is 0. The largest absolute Gasteiger partial charge is 0.481 e. The second-order valence-electron chi connectivity index (χ2n) is 5.19. The fourth-order valence-electron chi connectivity index (χ4n) is 1.38. The molecule has 7 nitrogen and oxygen atoms in total. The highest BCUT2D eigenvalue weighted by atomic mass is 16.5. The number of esters is 1. The van der Waals surface area contributed by atoms with Crippen molar-refractivity contribution in [3.05, 3.63) is 0 Å². The van der Waals surface area contributed by atoms with Crippen LogP contribution in [-0.2, 0) is 14.3 Å². The Bertz CT molecular complexity index is 357. The average molecular weight is 288 g/mol. The van der Waals surface area contributed by atoms with Crippen molar-refractivity contribution in [2.45, 2.75) is 33.8 Å². The number of carboxylic acid groups (broad SMARTS) is 1. The fourth-order valence-corrected chi connectivity index (χ4v) is 1.38. The second-order valence-corrected chi connectivity index (χ2v) is 5.19. The monoisotopic (exact) mass is 288 g/mol. The summed E-state index contributed by atoms with van der Waals surface area (Å²) >= 11 is 0. The van der Waals surface area contributed by atoms with Crippen molar-refractivity contribution in [2.75, 3.05) is 20.1 Å². The highest BCUT2D eigenvalue weighted by Crippen LogP contribution is 2.02. The Hall–Kier alpha value is -1.79. The second kappa shape index (κ2) is 8.39. The van der Waals surface area contributed by atoms with E-state index in [4.69, 9.17) is 9.84 Å². The van der Waals surface area contributed by atoms with Crippen LogP contribution in [0.3, 0.4) is 0 Å². The number of rotatable bonds is 7. The van der Waals surface area contributed by atoms with E-state index in [-0.39, 0.29) is 25.2 Å². The molecular formula is C13H24N2O5. The molecule has 7 heteroatoms. The molecule has 2 N–H and O–H groups in total. The lowest BCUT2D eigenvalue weighted by molar-refractivity contribution is -0.151. The van der Waals surface area contributed by atoms with E-state index >= 15 is 0 Å². The van der Waals surface area contributed by atoms with Gasteiger partial charge in [-0.3, -0.25) is 9.59 Å². The third-order valence-electron chi connectivity index (χ3n) is 2.63. The molecular weight excluding hydrogens is 264 g/mol. The van der Waals surface area contributed by atoms with E-state index in [0.29, 0.717) is 0 Å². The summed E-state index contributed by atoms with van der Waals surface area (Å²) in [4.78, 5) is 35.2. The molecule has 116 valence electrons. The van der Waals surface area contributed by atoms with Crippen molar-refractivity contribution in [2.24, 2.45) is 11.8 Å². The normalized spacial score (nSPS) is 13.5. The van der Waals surface area contributed by atoms with Gasteiger partial charge < -0.3 is 20.1 Å². The number of ether oxygens (including phenoxy) is 1. The molecule has 0 spiro atoms. The number of urea groups is 1. The summed E-state index contributed by atoms with van der Waals surface area (Å²) in [6.45, 7) is 6.94. The number of amides is 2. The third kappa shape index (κ3) is 6.96. The van der Waals surface area contributed by atoms with Crippen LogP contribution in [0.5, 0.6) is 0 Å². The summed E-state index contributed by atoms with van der Waals surface area (Å²) in [5.74, 6) is -2.43. The third-order valence-corrected chi connectivity index (χ3v) is 2.63. The molecule has 0 aromatic heterocycles. The molecule has 0 fully saturated rings. The van der Waals surface area contributed by atoms with Gasteiger partial charge in [0, 0.05) is 20.1 Å². The first-order chi connectivity index (χ1) is 9.15. The van der Waals surface area contributed by atoms with Gasteiger partial charge in [-0.2, -0.15) is 0 Å². The van der Waals surface area contributed by atoms with Crippen LogP contribution < -0.4 is 5.32 Å². The zero-order valence-electron chi connectivity index (χ0n) is 12.7. The zero-order valence-corrected chi connectivity index (χ0v) is 12.7. The van der Waals surface area contributed by atoms with E-state index in [1.807, 2.05) is 0 Å². The van der Waals surface area contributed by atoms with Crippen LogP contribution in [0.25, 0.3) is 0 Å².